The number of anilines is 1. The zero-order valence-electron chi connectivity index (χ0n) is 21.5. The fourth-order valence-electron chi connectivity index (χ4n) is 5.57. The fourth-order valence-corrected chi connectivity index (χ4v) is 6.51. The molecular weight excluding hydrogens is 496 g/mol. The predicted molar refractivity (Wildman–Crippen MR) is 152 cm³/mol. The number of hydrogen-bond acceptors (Lipinski definition) is 6. The molecule has 9 heteroatoms. The summed E-state index contributed by atoms with van der Waals surface area (Å²) >= 11 is 1.34. The summed E-state index contributed by atoms with van der Waals surface area (Å²) in [7, 11) is 2.14. The number of hydrogen-bond donors (Lipinski definition) is 2. The van der Waals surface area contributed by atoms with Crippen LogP contribution in [0, 0.1) is 0 Å². The van der Waals surface area contributed by atoms with Crippen LogP contribution in [0.5, 0.6) is 0 Å². The van der Waals surface area contributed by atoms with Crippen molar-refractivity contribution in [2.45, 2.75) is 31.2 Å². The van der Waals surface area contributed by atoms with Gasteiger partial charge in [0.15, 0.2) is 0 Å². The number of benzene rings is 2. The largest absolute Gasteiger partial charge is 0.369 e. The number of fused-ring (bicyclic) bond motifs is 1. The monoisotopic (exact) mass is 528 g/mol. The highest BCUT2D eigenvalue weighted by atomic mass is 32.1. The van der Waals surface area contributed by atoms with Crippen LogP contribution in [-0.4, -0.2) is 59.8 Å². The van der Waals surface area contributed by atoms with Crippen LogP contribution in [0.1, 0.15) is 51.3 Å². The van der Waals surface area contributed by atoms with E-state index in [4.69, 9.17) is 0 Å². The van der Waals surface area contributed by atoms with Crippen molar-refractivity contribution >= 4 is 39.1 Å². The number of amides is 2. The SMILES string of the molecule is CN1CCN(c2ccc(C(=O)Nn3ncc4cc(C(=O)NC5(c6ccccc6)CCCC5)sc43)cc2)CC1. The molecule has 1 saturated heterocycles. The molecule has 4 aromatic rings. The van der Waals surface area contributed by atoms with E-state index in [-0.39, 0.29) is 17.4 Å². The molecule has 1 aliphatic heterocycles. The Kier molecular flexibility index (Phi) is 6.63. The van der Waals surface area contributed by atoms with E-state index in [0.717, 1.165) is 73.3 Å². The Morgan fingerprint density at radius 2 is 1.63 bits per heavy atom. The number of carbonyl (C=O) groups excluding carboxylic acids is 2. The molecule has 6 rings (SSSR count). The molecule has 2 fully saturated rings. The highest BCUT2D eigenvalue weighted by Gasteiger charge is 2.37. The molecule has 3 heterocycles. The van der Waals surface area contributed by atoms with Crippen molar-refractivity contribution in [3.8, 4) is 0 Å². The van der Waals surface area contributed by atoms with E-state index in [9.17, 15) is 9.59 Å². The van der Waals surface area contributed by atoms with E-state index in [1.54, 1.807) is 6.20 Å². The summed E-state index contributed by atoms with van der Waals surface area (Å²) in [5, 5.41) is 8.50. The number of piperazine rings is 1. The van der Waals surface area contributed by atoms with E-state index in [0.29, 0.717) is 10.4 Å². The molecule has 2 N–H and O–H groups in total. The summed E-state index contributed by atoms with van der Waals surface area (Å²) in [6.07, 6.45) is 5.75. The van der Waals surface area contributed by atoms with E-state index < -0.39 is 0 Å². The van der Waals surface area contributed by atoms with Gasteiger partial charge in [0.05, 0.1) is 16.6 Å². The maximum absolute atomic E-state index is 13.4. The van der Waals surface area contributed by atoms with Crippen molar-refractivity contribution in [3.63, 3.8) is 0 Å². The van der Waals surface area contributed by atoms with Gasteiger partial charge >= 0.3 is 0 Å². The molecular formula is C29H32N6O2S. The zero-order chi connectivity index (χ0) is 26.1. The molecule has 2 aliphatic rings. The number of nitrogens with one attached hydrogen (secondary N) is 2. The third kappa shape index (κ3) is 4.79. The second-order valence-electron chi connectivity index (χ2n) is 10.3. The minimum atomic E-state index is -0.328. The first kappa shape index (κ1) is 24.6. The lowest BCUT2D eigenvalue weighted by atomic mass is 9.88. The van der Waals surface area contributed by atoms with Gasteiger partial charge in [-0.15, -0.1) is 11.3 Å². The first-order chi connectivity index (χ1) is 18.5. The highest BCUT2D eigenvalue weighted by molar-refractivity contribution is 7.20. The van der Waals surface area contributed by atoms with Gasteiger partial charge < -0.3 is 15.1 Å². The van der Waals surface area contributed by atoms with Crippen LogP contribution in [-0.2, 0) is 5.54 Å². The minimum Gasteiger partial charge on any atom is -0.369 e. The van der Waals surface area contributed by atoms with Crippen LogP contribution in [0.2, 0.25) is 0 Å². The molecule has 0 unspecified atom stereocenters. The highest BCUT2D eigenvalue weighted by Crippen LogP contribution is 2.39. The Balaban J connectivity index is 1.15. The number of likely N-dealkylation sites (N-methyl/N-ethyl adjacent to an activating group) is 1. The van der Waals surface area contributed by atoms with Crippen LogP contribution in [0.15, 0.2) is 66.9 Å². The lowest BCUT2D eigenvalue weighted by molar-refractivity contribution is 0.0902. The van der Waals surface area contributed by atoms with Crippen molar-refractivity contribution in [1.29, 1.82) is 0 Å². The molecule has 0 atom stereocenters. The summed E-state index contributed by atoms with van der Waals surface area (Å²) in [6, 6.07) is 19.8. The Morgan fingerprint density at radius 3 is 2.34 bits per heavy atom. The summed E-state index contributed by atoms with van der Waals surface area (Å²) in [6.45, 7) is 4.03. The molecule has 2 aromatic heterocycles. The van der Waals surface area contributed by atoms with E-state index in [1.807, 2.05) is 48.5 Å². The second kappa shape index (κ2) is 10.2. The molecule has 1 saturated carbocycles. The number of rotatable bonds is 6. The van der Waals surface area contributed by atoms with Crippen LogP contribution < -0.4 is 15.6 Å². The van der Waals surface area contributed by atoms with Gasteiger partial charge in [0.2, 0.25) is 0 Å². The second-order valence-corrected chi connectivity index (χ2v) is 11.3. The fraction of sp³-hybridized carbons (Fsp3) is 0.345. The maximum atomic E-state index is 13.4. The molecule has 0 radical (unpaired) electrons. The van der Waals surface area contributed by atoms with Gasteiger partial charge in [0, 0.05) is 42.8 Å². The minimum absolute atomic E-state index is 0.0886. The Bertz CT molecular complexity index is 1430. The van der Waals surface area contributed by atoms with Crippen molar-refractivity contribution in [2.24, 2.45) is 0 Å². The van der Waals surface area contributed by atoms with Crippen LogP contribution in [0.3, 0.4) is 0 Å². The predicted octanol–water partition coefficient (Wildman–Crippen LogP) is 4.43. The summed E-state index contributed by atoms with van der Waals surface area (Å²) < 4.78 is 0. The van der Waals surface area contributed by atoms with E-state index >= 15 is 0 Å². The van der Waals surface area contributed by atoms with Crippen LogP contribution in [0.4, 0.5) is 5.69 Å². The van der Waals surface area contributed by atoms with E-state index in [2.05, 4.69) is 44.8 Å². The van der Waals surface area contributed by atoms with E-state index in [1.165, 1.54) is 16.1 Å². The van der Waals surface area contributed by atoms with Gasteiger partial charge in [-0.25, -0.2) is 5.43 Å². The Labute approximate surface area is 226 Å². The third-order valence-electron chi connectivity index (χ3n) is 7.81. The van der Waals surface area contributed by atoms with Gasteiger partial charge in [-0.05, 0) is 55.8 Å². The first-order valence-corrected chi connectivity index (χ1v) is 14.0. The quantitative estimate of drug-likeness (QED) is 0.387. The summed E-state index contributed by atoms with van der Waals surface area (Å²) in [5.74, 6) is -0.331. The molecule has 8 nitrogen and oxygen atoms in total. The van der Waals surface area contributed by atoms with Gasteiger partial charge in [0.25, 0.3) is 11.8 Å². The van der Waals surface area contributed by atoms with Crippen molar-refractivity contribution in [1.82, 2.24) is 20.1 Å². The van der Waals surface area contributed by atoms with Gasteiger partial charge in [-0.3, -0.25) is 9.59 Å². The molecule has 196 valence electrons. The van der Waals surface area contributed by atoms with Gasteiger partial charge in [0.1, 0.15) is 4.83 Å². The lowest BCUT2D eigenvalue weighted by Crippen LogP contribution is -2.44. The first-order valence-electron chi connectivity index (χ1n) is 13.2. The molecule has 0 spiro atoms. The number of thiophene rings is 1. The number of carbonyl (C=O) groups is 2. The molecule has 1 aliphatic carbocycles. The summed E-state index contributed by atoms with van der Waals surface area (Å²) in [4.78, 5) is 33.8. The Hall–Kier alpha value is -3.69. The van der Waals surface area contributed by atoms with Crippen molar-refractivity contribution in [3.05, 3.63) is 82.9 Å². The summed E-state index contributed by atoms with van der Waals surface area (Å²) in [5.41, 5.74) is 5.39. The maximum Gasteiger partial charge on any atom is 0.271 e. The molecule has 2 aromatic carbocycles. The number of nitrogens with zero attached hydrogens (tertiary/aromatic N) is 4. The average molecular weight is 529 g/mol. The van der Waals surface area contributed by atoms with Crippen LogP contribution >= 0.6 is 11.3 Å². The molecule has 38 heavy (non-hydrogen) atoms. The van der Waals surface area contributed by atoms with Crippen LogP contribution in [0.25, 0.3) is 10.2 Å². The standard InChI is InChI=1S/C29H32N6O2S/c1-33-15-17-34(18-16-33)24-11-9-21(10-12-24)26(36)32-35-28-22(20-30-35)19-25(38-28)27(37)31-29(13-5-6-14-29)23-7-3-2-4-8-23/h2-4,7-12,19-20H,5-6,13-18H2,1H3,(H,31,37)(H,32,36). The van der Waals surface area contributed by atoms with Gasteiger partial charge in [-0.1, -0.05) is 43.2 Å². The van der Waals surface area contributed by atoms with Gasteiger partial charge in [-0.2, -0.15) is 9.89 Å². The third-order valence-corrected chi connectivity index (χ3v) is 8.94. The normalized spacial score (nSPS) is 17.6. The molecule has 0 bridgehead atoms. The Morgan fingerprint density at radius 1 is 0.921 bits per heavy atom. The lowest BCUT2D eigenvalue weighted by Gasteiger charge is -2.34. The number of aromatic nitrogens is 2. The average Bonchev–Trinajstić information content (AvgIpc) is 3.68. The topological polar surface area (TPSA) is 82.5 Å². The van der Waals surface area contributed by atoms with Crippen molar-refractivity contribution in [2.75, 3.05) is 43.6 Å². The zero-order valence-corrected chi connectivity index (χ0v) is 22.3. The molecule has 2 amide bonds. The van der Waals surface area contributed by atoms with Crippen molar-refractivity contribution < 1.29 is 9.59 Å². The smallest absolute Gasteiger partial charge is 0.271 e.